The van der Waals surface area contributed by atoms with Crippen molar-refractivity contribution in [1.29, 1.82) is 0 Å². The topological polar surface area (TPSA) is 58.6 Å². The van der Waals surface area contributed by atoms with E-state index in [1.54, 1.807) is 19.2 Å². The van der Waals surface area contributed by atoms with Crippen LogP contribution in [-0.2, 0) is 16.0 Å². The number of imide groups is 1. The number of ether oxygens (including phenoxy) is 1. The van der Waals surface area contributed by atoms with Gasteiger partial charge in [-0.1, -0.05) is 49.7 Å². The molecule has 2 amide bonds. The van der Waals surface area contributed by atoms with Gasteiger partial charge < -0.3 is 10.1 Å². The molecule has 0 aromatic heterocycles. The maximum Gasteiger partial charge on any atom is 0.282 e. The Labute approximate surface area is 201 Å². The molecule has 5 nitrogen and oxygen atoms in total. The lowest BCUT2D eigenvalue weighted by molar-refractivity contribution is -0.120. The van der Waals surface area contributed by atoms with Crippen LogP contribution in [0.4, 0.5) is 11.4 Å². The van der Waals surface area contributed by atoms with Crippen molar-refractivity contribution in [3.8, 4) is 5.75 Å². The summed E-state index contributed by atoms with van der Waals surface area (Å²) in [6.07, 6.45) is 3.20. The lowest BCUT2D eigenvalue weighted by atomic mass is 10.0. The third kappa shape index (κ3) is 4.60. The van der Waals surface area contributed by atoms with Crippen LogP contribution in [0.5, 0.6) is 5.75 Å². The Morgan fingerprint density at radius 1 is 0.882 bits per heavy atom. The first-order chi connectivity index (χ1) is 16.4. The van der Waals surface area contributed by atoms with Crippen molar-refractivity contribution in [1.82, 2.24) is 0 Å². The van der Waals surface area contributed by atoms with E-state index in [2.05, 4.69) is 12.2 Å². The number of unbranched alkanes of at least 4 members (excludes halogenated alkanes) is 1. The van der Waals surface area contributed by atoms with Crippen molar-refractivity contribution < 1.29 is 14.3 Å². The van der Waals surface area contributed by atoms with Crippen LogP contribution < -0.4 is 15.0 Å². The molecule has 0 spiro atoms. The van der Waals surface area contributed by atoms with Crippen molar-refractivity contribution in [2.75, 3.05) is 17.3 Å². The number of hydrogen-bond donors (Lipinski definition) is 1. The molecule has 0 saturated heterocycles. The molecule has 1 aliphatic heterocycles. The third-order valence-electron chi connectivity index (χ3n) is 6.13. The molecule has 1 aliphatic rings. The maximum absolute atomic E-state index is 13.7. The van der Waals surface area contributed by atoms with E-state index in [0.29, 0.717) is 22.6 Å². The minimum atomic E-state index is -0.363. The molecule has 0 saturated carbocycles. The van der Waals surface area contributed by atoms with Gasteiger partial charge in [-0.05, 0) is 79.3 Å². The second-order valence-electron chi connectivity index (χ2n) is 8.64. The Bertz CT molecular complexity index is 1240. The molecule has 3 aromatic rings. The minimum absolute atomic E-state index is 0.277. The summed E-state index contributed by atoms with van der Waals surface area (Å²) in [5.74, 6) is -0.0213. The number of rotatable bonds is 8. The van der Waals surface area contributed by atoms with E-state index in [0.717, 1.165) is 36.1 Å². The van der Waals surface area contributed by atoms with Gasteiger partial charge in [-0.2, -0.15) is 0 Å². The van der Waals surface area contributed by atoms with E-state index in [1.165, 1.54) is 10.5 Å². The van der Waals surface area contributed by atoms with Crippen LogP contribution in [0.25, 0.3) is 5.57 Å². The highest BCUT2D eigenvalue weighted by Crippen LogP contribution is 2.35. The van der Waals surface area contributed by atoms with E-state index in [-0.39, 0.29) is 17.5 Å². The van der Waals surface area contributed by atoms with E-state index < -0.39 is 0 Å². The Kier molecular flexibility index (Phi) is 6.82. The fraction of sp³-hybridized carbons (Fsp3) is 0.241. The first kappa shape index (κ1) is 23.3. The Hall–Kier alpha value is -3.86. The molecule has 5 heteroatoms. The fourth-order valence-electron chi connectivity index (χ4n) is 4.10. The molecule has 3 aromatic carbocycles. The van der Waals surface area contributed by atoms with Crippen LogP contribution in [0.15, 0.2) is 72.4 Å². The lowest BCUT2D eigenvalue weighted by Crippen LogP contribution is -2.32. The standard InChI is InChI=1S/C29H30N2O3/c1-5-6-7-21-10-14-23(15-11-21)31-28(32)26(22-12-16-24(34-4)17-13-22)27(29(31)33)30-25-18-19(2)8-9-20(25)3/h8-18,30H,5-7H2,1-4H3. The molecule has 0 fully saturated rings. The molecule has 174 valence electrons. The number of carbonyl (C=O) groups is 2. The first-order valence-electron chi connectivity index (χ1n) is 11.6. The molecule has 0 unspecified atom stereocenters. The number of aryl methyl sites for hydroxylation is 3. The predicted molar refractivity (Wildman–Crippen MR) is 137 cm³/mol. The zero-order valence-corrected chi connectivity index (χ0v) is 20.1. The molecule has 0 radical (unpaired) electrons. The maximum atomic E-state index is 13.7. The van der Waals surface area contributed by atoms with E-state index in [9.17, 15) is 9.59 Å². The van der Waals surface area contributed by atoms with Crippen LogP contribution in [-0.4, -0.2) is 18.9 Å². The number of amides is 2. The van der Waals surface area contributed by atoms with Gasteiger partial charge in [0, 0.05) is 5.69 Å². The fourth-order valence-corrected chi connectivity index (χ4v) is 4.10. The predicted octanol–water partition coefficient (Wildman–Crippen LogP) is 6.05. The Balaban J connectivity index is 1.75. The van der Waals surface area contributed by atoms with Gasteiger partial charge in [-0.25, -0.2) is 4.90 Å². The highest BCUT2D eigenvalue weighted by atomic mass is 16.5. The Morgan fingerprint density at radius 3 is 2.24 bits per heavy atom. The van der Waals surface area contributed by atoms with Gasteiger partial charge in [-0.15, -0.1) is 0 Å². The first-order valence-corrected chi connectivity index (χ1v) is 11.6. The highest BCUT2D eigenvalue weighted by molar-refractivity contribution is 6.46. The van der Waals surface area contributed by atoms with E-state index in [4.69, 9.17) is 4.74 Å². The summed E-state index contributed by atoms with van der Waals surface area (Å²) in [5.41, 5.74) is 5.92. The van der Waals surface area contributed by atoms with E-state index >= 15 is 0 Å². The quantitative estimate of drug-likeness (QED) is 0.421. The summed E-state index contributed by atoms with van der Waals surface area (Å²) < 4.78 is 5.27. The van der Waals surface area contributed by atoms with Crippen molar-refractivity contribution in [3.05, 3.63) is 94.7 Å². The van der Waals surface area contributed by atoms with Crippen LogP contribution in [0.3, 0.4) is 0 Å². The lowest BCUT2D eigenvalue weighted by Gasteiger charge is -2.16. The van der Waals surface area contributed by atoms with Crippen LogP contribution >= 0.6 is 0 Å². The third-order valence-corrected chi connectivity index (χ3v) is 6.13. The monoisotopic (exact) mass is 454 g/mol. The summed E-state index contributed by atoms with van der Waals surface area (Å²) in [6.45, 7) is 6.13. The summed E-state index contributed by atoms with van der Waals surface area (Å²) in [6, 6.07) is 20.9. The summed E-state index contributed by atoms with van der Waals surface area (Å²) >= 11 is 0. The van der Waals surface area contributed by atoms with Crippen LogP contribution in [0.1, 0.15) is 42.0 Å². The molecule has 0 aliphatic carbocycles. The average molecular weight is 455 g/mol. The zero-order chi connectivity index (χ0) is 24.2. The van der Waals surface area contributed by atoms with Gasteiger partial charge in [-0.3, -0.25) is 9.59 Å². The second-order valence-corrected chi connectivity index (χ2v) is 8.64. The van der Waals surface area contributed by atoms with Crippen molar-refractivity contribution in [2.24, 2.45) is 0 Å². The molecular weight excluding hydrogens is 424 g/mol. The number of nitrogens with zero attached hydrogens (tertiary/aromatic N) is 1. The Morgan fingerprint density at radius 2 is 1.59 bits per heavy atom. The molecule has 4 rings (SSSR count). The summed E-state index contributed by atoms with van der Waals surface area (Å²) in [4.78, 5) is 28.6. The minimum Gasteiger partial charge on any atom is -0.497 e. The van der Waals surface area contributed by atoms with Crippen LogP contribution in [0.2, 0.25) is 0 Å². The summed E-state index contributed by atoms with van der Waals surface area (Å²) in [5, 5.41) is 3.28. The number of nitrogens with one attached hydrogen (secondary N) is 1. The zero-order valence-electron chi connectivity index (χ0n) is 20.1. The number of carbonyl (C=O) groups excluding carboxylic acids is 2. The molecule has 0 atom stereocenters. The number of hydrogen-bond acceptors (Lipinski definition) is 4. The van der Waals surface area contributed by atoms with Crippen LogP contribution in [0, 0.1) is 13.8 Å². The van der Waals surface area contributed by atoms with Gasteiger partial charge in [0.25, 0.3) is 11.8 Å². The van der Waals surface area contributed by atoms with Gasteiger partial charge in [0.15, 0.2) is 0 Å². The number of methoxy groups -OCH3 is 1. The van der Waals surface area contributed by atoms with Crippen molar-refractivity contribution in [2.45, 2.75) is 40.0 Å². The molecule has 0 bridgehead atoms. The van der Waals surface area contributed by atoms with Crippen molar-refractivity contribution >= 4 is 28.8 Å². The van der Waals surface area contributed by atoms with E-state index in [1.807, 2.05) is 68.4 Å². The van der Waals surface area contributed by atoms with Gasteiger partial charge in [0.1, 0.15) is 11.4 Å². The molecular formula is C29H30N2O3. The normalized spacial score (nSPS) is 13.6. The molecule has 1 heterocycles. The summed E-state index contributed by atoms with van der Waals surface area (Å²) in [7, 11) is 1.60. The van der Waals surface area contributed by atoms with Gasteiger partial charge in [0.2, 0.25) is 0 Å². The molecule has 1 N–H and O–H groups in total. The SMILES string of the molecule is CCCCc1ccc(N2C(=O)C(Nc3cc(C)ccc3C)=C(c3ccc(OC)cc3)C2=O)cc1. The number of anilines is 2. The number of benzene rings is 3. The average Bonchev–Trinajstić information content (AvgIpc) is 3.09. The largest absolute Gasteiger partial charge is 0.497 e. The van der Waals surface area contributed by atoms with Crippen molar-refractivity contribution in [3.63, 3.8) is 0 Å². The van der Waals surface area contributed by atoms with Gasteiger partial charge >= 0.3 is 0 Å². The van der Waals surface area contributed by atoms with Gasteiger partial charge in [0.05, 0.1) is 18.4 Å². The highest BCUT2D eigenvalue weighted by Gasteiger charge is 2.40. The smallest absolute Gasteiger partial charge is 0.282 e. The molecule has 34 heavy (non-hydrogen) atoms. The second kappa shape index (κ2) is 9.96.